The highest BCUT2D eigenvalue weighted by Gasteiger charge is 2.29. The van der Waals surface area contributed by atoms with Crippen LogP contribution in [-0.4, -0.2) is 29.6 Å². The van der Waals surface area contributed by atoms with Crippen molar-refractivity contribution >= 4 is 46.5 Å². The first-order valence-electron chi connectivity index (χ1n) is 12.4. The zero-order valence-corrected chi connectivity index (χ0v) is 22.6. The fraction of sp³-hybridized carbons (Fsp3) is 0.333. The second-order valence-electron chi connectivity index (χ2n) is 9.24. The van der Waals surface area contributed by atoms with Gasteiger partial charge in [0.25, 0.3) is 0 Å². The number of hydrogen-bond acceptors (Lipinski definition) is 2. The average Bonchev–Trinajstić information content (AvgIpc) is 3.13. The number of hydrogen-bond donors (Lipinski definition) is 1. The molecule has 0 radical (unpaired) electrons. The van der Waals surface area contributed by atoms with Crippen molar-refractivity contribution in [2.75, 3.05) is 19.6 Å². The molecule has 5 heteroatoms. The highest BCUT2D eigenvalue weighted by atomic mass is 35.5. The van der Waals surface area contributed by atoms with E-state index < -0.39 is 6.10 Å². The maximum absolute atomic E-state index is 11.5. The fourth-order valence-electron chi connectivity index (χ4n) is 4.79. The van der Waals surface area contributed by atoms with Crippen molar-refractivity contribution in [2.24, 2.45) is 0 Å². The van der Waals surface area contributed by atoms with E-state index in [0.29, 0.717) is 21.6 Å². The molecule has 1 aliphatic rings. The molecule has 0 saturated carbocycles. The number of rotatable bonds is 10. The number of halogens is 3. The molecule has 0 aromatic heterocycles. The third kappa shape index (κ3) is 6.13. The van der Waals surface area contributed by atoms with Gasteiger partial charge in [0, 0.05) is 21.6 Å². The maximum Gasteiger partial charge on any atom is 0.0923 e. The van der Waals surface area contributed by atoms with Crippen LogP contribution in [0.4, 0.5) is 0 Å². The molecule has 3 aromatic carbocycles. The van der Waals surface area contributed by atoms with Gasteiger partial charge in [-0.2, -0.15) is 0 Å². The minimum atomic E-state index is -0.644. The molecule has 0 saturated heterocycles. The zero-order chi connectivity index (χ0) is 24.9. The van der Waals surface area contributed by atoms with Crippen LogP contribution in [0, 0.1) is 0 Å². The molecule has 0 aliphatic heterocycles. The van der Waals surface area contributed by atoms with E-state index in [1.54, 1.807) is 0 Å². The van der Waals surface area contributed by atoms with E-state index in [2.05, 4.69) is 30.9 Å². The fourth-order valence-corrected chi connectivity index (χ4v) is 5.31. The van der Waals surface area contributed by atoms with Crippen molar-refractivity contribution < 1.29 is 5.11 Å². The number of benzene rings is 3. The Morgan fingerprint density at radius 2 is 1.40 bits per heavy atom. The van der Waals surface area contributed by atoms with Gasteiger partial charge in [0.15, 0.2) is 0 Å². The van der Waals surface area contributed by atoms with Gasteiger partial charge in [-0.1, -0.05) is 79.7 Å². The predicted octanol–water partition coefficient (Wildman–Crippen LogP) is 9.15. The van der Waals surface area contributed by atoms with Crippen molar-refractivity contribution in [3.63, 3.8) is 0 Å². The number of nitrogens with zero attached hydrogens (tertiary/aromatic N) is 1. The Morgan fingerprint density at radius 3 is 2.06 bits per heavy atom. The quantitative estimate of drug-likeness (QED) is 0.222. The van der Waals surface area contributed by atoms with Crippen LogP contribution in [0.1, 0.15) is 67.9 Å². The van der Waals surface area contributed by atoms with E-state index in [4.69, 9.17) is 34.8 Å². The van der Waals surface area contributed by atoms with Gasteiger partial charge in [0.05, 0.1) is 6.10 Å². The van der Waals surface area contributed by atoms with E-state index in [1.165, 1.54) is 0 Å². The summed E-state index contributed by atoms with van der Waals surface area (Å²) in [5.74, 6) is 0. The van der Waals surface area contributed by atoms with Crippen LogP contribution in [0.15, 0.2) is 54.6 Å². The predicted molar refractivity (Wildman–Crippen MR) is 152 cm³/mol. The summed E-state index contributed by atoms with van der Waals surface area (Å²) in [6, 6.07) is 17.6. The van der Waals surface area contributed by atoms with Crippen LogP contribution in [0.3, 0.4) is 0 Å². The summed E-state index contributed by atoms with van der Waals surface area (Å²) in [7, 11) is 0. The minimum Gasteiger partial charge on any atom is -0.387 e. The largest absolute Gasteiger partial charge is 0.387 e. The molecular weight excluding hydrogens is 497 g/mol. The number of fused-ring (bicyclic) bond motifs is 3. The van der Waals surface area contributed by atoms with Gasteiger partial charge in [0.2, 0.25) is 0 Å². The van der Waals surface area contributed by atoms with Crippen LogP contribution >= 0.6 is 34.8 Å². The first-order valence-corrected chi connectivity index (χ1v) is 13.6. The third-order valence-electron chi connectivity index (χ3n) is 6.59. The topological polar surface area (TPSA) is 23.5 Å². The lowest BCUT2D eigenvalue weighted by atomic mass is 9.94. The van der Waals surface area contributed by atoms with Crippen molar-refractivity contribution in [1.29, 1.82) is 0 Å². The van der Waals surface area contributed by atoms with Crippen LogP contribution < -0.4 is 0 Å². The Bertz CT molecular complexity index is 1190. The molecule has 2 nitrogen and oxygen atoms in total. The van der Waals surface area contributed by atoms with Crippen LogP contribution in [-0.2, 0) is 0 Å². The molecule has 0 spiro atoms. The number of aliphatic hydroxyl groups is 1. The molecule has 3 aromatic rings. The molecular formula is C30H32Cl3NO. The van der Waals surface area contributed by atoms with E-state index >= 15 is 0 Å². The summed E-state index contributed by atoms with van der Waals surface area (Å²) in [4.78, 5) is 2.38. The Kier molecular flexibility index (Phi) is 8.97. The van der Waals surface area contributed by atoms with Crippen LogP contribution in [0.25, 0.3) is 22.8 Å². The zero-order valence-electron chi connectivity index (χ0n) is 20.3. The van der Waals surface area contributed by atoms with Crippen LogP contribution in [0.2, 0.25) is 15.1 Å². The third-order valence-corrected chi connectivity index (χ3v) is 7.30. The second-order valence-corrected chi connectivity index (χ2v) is 10.5. The lowest BCUT2D eigenvalue weighted by Gasteiger charge is -2.26. The smallest absolute Gasteiger partial charge is 0.0923 e. The Balaban J connectivity index is 1.79. The van der Waals surface area contributed by atoms with E-state index in [-0.39, 0.29) is 0 Å². The summed E-state index contributed by atoms with van der Waals surface area (Å²) < 4.78 is 0. The highest BCUT2D eigenvalue weighted by Crippen LogP contribution is 2.50. The molecule has 184 valence electrons. The van der Waals surface area contributed by atoms with Gasteiger partial charge < -0.3 is 10.0 Å². The van der Waals surface area contributed by atoms with Crippen molar-refractivity contribution in [2.45, 2.75) is 45.6 Å². The van der Waals surface area contributed by atoms with Gasteiger partial charge >= 0.3 is 0 Å². The second kappa shape index (κ2) is 12.0. The average molecular weight is 529 g/mol. The summed E-state index contributed by atoms with van der Waals surface area (Å²) in [6.45, 7) is 6.98. The SMILES string of the molecule is CCCCN(CCCC)CC(O)c1cc(Cl)cc2c1-c1ccc(Cl)cc1/C2=C\c1ccc(Cl)cc1. The summed E-state index contributed by atoms with van der Waals surface area (Å²) >= 11 is 19.2. The first kappa shape index (κ1) is 26.3. The monoisotopic (exact) mass is 527 g/mol. The molecule has 0 bridgehead atoms. The van der Waals surface area contributed by atoms with Gasteiger partial charge in [-0.25, -0.2) is 0 Å². The molecule has 0 fully saturated rings. The molecule has 4 rings (SSSR count). The molecule has 0 heterocycles. The standard InChI is InChI=1S/C30H32Cl3NO/c1-3-5-13-34(14-6-4-2)19-29(35)28-18-23(33)17-27-25(15-20-7-9-21(31)10-8-20)26-16-22(32)11-12-24(26)30(27)28/h7-12,15-18,29,35H,3-6,13-14,19H2,1-2H3/b25-15+. The first-order chi connectivity index (χ1) is 16.9. The molecule has 0 amide bonds. The Hall–Kier alpha value is -1.81. The molecule has 1 aliphatic carbocycles. The highest BCUT2D eigenvalue weighted by molar-refractivity contribution is 6.32. The number of unbranched alkanes of at least 4 members (excludes halogenated alkanes) is 2. The molecule has 1 unspecified atom stereocenters. The molecule has 1 atom stereocenters. The summed E-state index contributed by atoms with van der Waals surface area (Å²) in [5.41, 5.74) is 7.14. The van der Waals surface area contributed by atoms with Gasteiger partial charge in [-0.15, -0.1) is 0 Å². The van der Waals surface area contributed by atoms with Gasteiger partial charge in [-0.3, -0.25) is 0 Å². The van der Waals surface area contributed by atoms with E-state index in [9.17, 15) is 5.11 Å². The Morgan fingerprint density at radius 1 is 0.771 bits per heavy atom. The lowest BCUT2D eigenvalue weighted by molar-refractivity contribution is 0.111. The minimum absolute atomic E-state index is 0.589. The summed E-state index contributed by atoms with van der Waals surface area (Å²) in [6.07, 6.45) is 6.02. The normalized spacial score (nSPS) is 14.4. The lowest BCUT2D eigenvalue weighted by Crippen LogP contribution is -2.31. The maximum atomic E-state index is 11.5. The van der Waals surface area contributed by atoms with Crippen molar-refractivity contribution in [3.05, 3.63) is 91.9 Å². The summed E-state index contributed by atoms with van der Waals surface area (Å²) in [5, 5.41) is 13.5. The van der Waals surface area contributed by atoms with Gasteiger partial charge in [0.1, 0.15) is 0 Å². The molecule has 1 N–H and O–H groups in total. The van der Waals surface area contributed by atoms with Crippen molar-refractivity contribution in [1.82, 2.24) is 4.90 Å². The van der Waals surface area contributed by atoms with Crippen LogP contribution in [0.5, 0.6) is 0 Å². The van der Waals surface area contributed by atoms with Gasteiger partial charge in [-0.05, 0) is 107 Å². The van der Waals surface area contributed by atoms with Crippen molar-refractivity contribution in [3.8, 4) is 11.1 Å². The molecule has 35 heavy (non-hydrogen) atoms. The van der Waals surface area contributed by atoms with E-state index in [0.717, 1.165) is 77.7 Å². The van der Waals surface area contributed by atoms with E-state index in [1.807, 2.05) is 48.5 Å². The Labute approximate surface area is 224 Å². The number of aliphatic hydroxyl groups excluding tert-OH is 1.